The van der Waals surface area contributed by atoms with Gasteiger partial charge >= 0.3 is 0 Å². The Morgan fingerprint density at radius 1 is 1.32 bits per heavy atom. The smallest absolute Gasteiger partial charge is 0.257 e. The number of halogens is 2. The van der Waals surface area contributed by atoms with Gasteiger partial charge in [0, 0.05) is 17.5 Å². The average Bonchev–Trinajstić information content (AvgIpc) is 2.64. The first-order chi connectivity index (χ1) is 9.08. The first kappa shape index (κ1) is 12.9. The summed E-state index contributed by atoms with van der Waals surface area (Å²) in [4.78, 5) is 14.5. The van der Waals surface area contributed by atoms with Crippen LogP contribution in [0.3, 0.4) is 0 Å². The molecule has 0 aromatic heterocycles. The molecule has 2 heterocycles. The van der Waals surface area contributed by atoms with E-state index in [0.717, 1.165) is 25.7 Å². The van der Waals surface area contributed by atoms with Crippen molar-refractivity contribution in [1.29, 1.82) is 0 Å². The fourth-order valence-corrected chi connectivity index (χ4v) is 3.81. The molecular formula is C15H17ClFNO. The standard InChI is InChI=1S/C15H17ClFNO/c1-9-3-2-4-13(14(9)17)15(19)18-11-5-6-12(18)8-10(16)7-11/h2-4,10-12H,5-8H2,1H3. The van der Waals surface area contributed by atoms with Gasteiger partial charge in [0.15, 0.2) is 0 Å². The molecule has 0 radical (unpaired) electrons. The van der Waals surface area contributed by atoms with Gasteiger partial charge in [0.25, 0.3) is 5.91 Å². The van der Waals surface area contributed by atoms with Crippen LogP contribution in [0.25, 0.3) is 0 Å². The summed E-state index contributed by atoms with van der Waals surface area (Å²) in [6.45, 7) is 1.69. The molecule has 2 nitrogen and oxygen atoms in total. The van der Waals surface area contributed by atoms with Crippen molar-refractivity contribution in [3.05, 3.63) is 35.1 Å². The molecule has 1 aromatic carbocycles. The number of piperidine rings is 1. The predicted octanol–water partition coefficient (Wildman–Crippen LogP) is 3.51. The molecule has 19 heavy (non-hydrogen) atoms. The van der Waals surface area contributed by atoms with E-state index in [4.69, 9.17) is 11.6 Å². The Morgan fingerprint density at radius 2 is 1.95 bits per heavy atom. The molecule has 2 fully saturated rings. The zero-order chi connectivity index (χ0) is 13.6. The summed E-state index contributed by atoms with van der Waals surface area (Å²) in [5.74, 6) is -0.558. The summed E-state index contributed by atoms with van der Waals surface area (Å²) in [5.41, 5.74) is 0.718. The number of benzene rings is 1. The monoisotopic (exact) mass is 281 g/mol. The lowest BCUT2D eigenvalue weighted by Gasteiger charge is -2.37. The minimum Gasteiger partial charge on any atom is -0.332 e. The molecule has 2 atom stereocenters. The molecule has 3 rings (SSSR count). The molecule has 1 aromatic rings. The maximum atomic E-state index is 14.1. The van der Waals surface area contributed by atoms with Crippen molar-refractivity contribution in [2.45, 2.75) is 50.1 Å². The van der Waals surface area contributed by atoms with E-state index in [2.05, 4.69) is 0 Å². The van der Waals surface area contributed by atoms with Gasteiger partial charge in [-0.1, -0.05) is 12.1 Å². The Bertz CT molecular complexity index is 505. The molecule has 2 bridgehead atoms. The van der Waals surface area contributed by atoms with E-state index >= 15 is 0 Å². The number of rotatable bonds is 1. The van der Waals surface area contributed by atoms with Crippen LogP contribution in [0, 0.1) is 12.7 Å². The number of alkyl halides is 1. The van der Waals surface area contributed by atoms with Crippen molar-refractivity contribution < 1.29 is 9.18 Å². The van der Waals surface area contributed by atoms with Gasteiger partial charge in [0.05, 0.1) is 5.56 Å². The number of hydrogen-bond acceptors (Lipinski definition) is 1. The van der Waals surface area contributed by atoms with Crippen LogP contribution in [-0.2, 0) is 0 Å². The van der Waals surface area contributed by atoms with E-state index in [0.29, 0.717) is 5.56 Å². The van der Waals surface area contributed by atoms with Crippen LogP contribution in [0.5, 0.6) is 0 Å². The van der Waals surface area contributed by atoms with Gasteiger partial charge < -0.3 is 4.90 Å². The maximum absolute atomic E-state index is 14.1. The van der Waals surface area contributed by atoms with Gasteiger partial charge in [0.2, 0.25) is 0 Å². The molecule has 4 heteroatoms. The topological polar surface area (TPSA) is 20.3 Å². The molecule has 1 amide bonds. The van der Waals surface area contributed by atoms with Crippen LogP contribution in [0.1, 0.15) is 41.6 Å². The number of carbonyl (C=O) groups excluding carboxylic acids is 1. The third kappa shape index (κ3) is 2.14. The number of amides is 1. The van der Waals surface area contributed by atoms with E-state index in [1.54, 1.807) is 25.1 Å². The third-order valence-electron chi connectivity index (χ3n) is 4.33. The van der Waals surface area contributed by atoms with Gasteiger partial charge in [-0.05, 0) is 44.2 Å². The molecule has 0 spiro atoms. The van der Waals surface area contributed by atoms with Crippen LogP contribution in [0.15, 0.2) is 18.2 Å². The predicted molar refractivity (Wildman–Crippen MR) is 73.0 cm³/mol. The van der Waals surface area contributed by atoms with Crippen molar-refractivity contribution in [3.8, 4) is 0 Å². The van der Waals surface area contributed by atoms with Crippen molar-refractivity contribution in [2.24, 2.45) is 0 Å². The molecule has 2 saturated heterocycles. The van der Waals surface area contributed by atoms with E-state index in [1.807, 2.05) is 4.90 Å². The summed E-state index contributed by atoms with van der Waals surface area (Å²) >= 11 is 6.21. The van der Waals surface area contributed by atoms with Crippen LogP contribution in [0.2, 0.25) is 0 Å². The highest BCUT2D eigenvalue weighted by molar-refractivity contribution is 6.20. The summed E-state index contributed by atoms with van der Waals surface area (Å²) in [6, 6.07) is 5.38. The Kier molecular flexibility index (Phi) is 3.25. The van der Waals surface area contributed by atoms with Gasteiger partial charge in [-0.25, -0.2) is 4.39 Å². The highest BCUT2D eigenvalue weighted by Gasteiger charge is 2.43. The molecule has 2 aliphatic rings. The fourth-order valence-electron chi connectivity index (χ4n) is 3.39. The summed E-state index contributed by atoms with van der Waals surface area (Å²) in [7, 11) is 0. The van der Waals surface area contributed by atoms with Crippen molar-refractivity contribution in [2.75, 3.05) is 0 Å². The number of carbonyl (C=O) groups is 1. The Labute approximate surface area is 117 Å². The lowest BCUT2D eigenvalue weighted by molar-refractivity contribution is 0.0594. The maximum Gasteiger partial charge on any atom is 0.257 e. The SMILES string of the molecule is Cc1cccc(C(=O)N2C3CCC2CC(Cl)C3)c1F. The first-order valence-electron chi connectivity index (χ1n) is 6.79. The Morgan fingerprint density at radius 3 is 2.58 bits per heavy atom. The van der Waals surface area contributed by atoms with Gasteiger partial charge in [-0.2, -0.15) is 0 Å². The summed E-state index contributed by atoms with van der Waals surface area (Å²) in [5, 5.41) is 0.156. The fraction of sp³-hybridized carbons (Fsp3) is 0.533. The molecule has 0 aliphatic carbocycles. The number of fused-ring (bicyclic) bond motifs is 2. The van der Waals surface area contributed by atoms with Crippen molar-refractivity contribution in [3.63, 3.8) is 0 Å². The number of hydrogen-bond donors (Lipinski definition) is 0. The molecule has 2 aliphatic heterocycles. The third-order valence-corrected chi connectivity index (χ3v) is 4.69. The van der Waals surface area contributed by atoms with E-state index in [-0.39, 0.29) is 34.7 Å². The van der Waals surface area contributed by atoms with Crippen LogP contribution < -0.4 is 0 Å². The van der Waals surface area contributed by atoms with Crippen molar-refractivity contribution >= 4 is 17.5 Å². The number of nitrogens with zero attached hydrogens (tertiary/aromatic N) is 1. The highest BCUT2D eigenvalue weighted by Crippen LogP contribution is 2.38. The lowest BCUT2D eigenvalue weighted by atomic mass is 10.00. The van der Waals surface area contributed by atoms with E-state index < -0.39 is 0 Å². The largest absolute Gasteiger partial charge is 0.332 e. The average molecular weight is 282 g/mol. The van der Waals surface area contributed by atoms with Gasteiger partial charge in [0.1, 0.15) is 5.82 Å². The minimum absolute atomic E-state index is 0.156. The summed E-state index contributed by atoms with van der Waals surface area (Å²) in [6.07, 6.45) is 3.65. The van der Waals surface area contributed by atoms with E-state index in [9.17, 15) is 9.18 Å². The Hall–Kier alpha value is -1.09. The van der Waals surface area contributed by atoms with Gasteiger partial charge in [-0.15, -0.1) is 11.6 Å². The Balaban J connectivity index is 1.91. The second-order valence-electron chi connectivity index (χ2n) is 5.60. The highest BCUT2D eigenvalue weighted by atomic mass is 35.5. The van der Waals surface area contributed by atoms with Crippen LogP contribution in [-0.4, -0.2) is 28.3 Å². The van der Waals surface area contributed by atoms with Crippen LogP contribution >= 0.6 is 11.6 Å². The lowest BCUT2D eigenvalue weighted by Crippen LogP contribution is -2.47. The van der Waals surface area contributed by atoms with E-state index in [1.165, 1.54) is 0 Å². The minimum atomic E-state index is -0.389. The molecule has 102 valence electrons. The zero-order valence-corrected chi connectivity index (χ0v) is 11.7. The normalized spacial score (nSPS) is 29.6. The quantitative estimate of drug-likeness (QED) is 0.722. The first-order valence-corrected chi connectivity index (χ1v) is 7.23. The second kappa shape index (κ2) is 4.78. The van der Waals surface area contributed by atoms with Gasteiger partial charge in [-0.3, -0.25) is 4.79 Å². The molecule has 0 saturated carbocycles. The van der Waals surface area contributed by atoms with Crippen molar-refractivity contribution in [1.82, 2.24) is 4.90 Å². The molecular weight excluding hydrogens is 265 g/mol. The molecule has 2 unspecified atom stereocenters. The van der Waals surface area contributed by atoms with Crippen LogP contribution in [0.4, 0.5) is 4.39 Å². The zero-order valence-electron chi connectivity index (χ0n) is 10.9. The molecule has 0 N–H and O–H groups in total. The summed E-state index contributed by atoms with van der Waals surface area (Å²) < 4.78 is 14.1. The number of aryl methyl sites for hydroxylation is 1. The second-order valence-corrected chi connectivity index (χ2v) is 6.22.